The second-order valence-corrected chi connectivity index (χ2v) is 8.49. The van der Waals surface area contributed by atoms with Gasteiger partial charge in [-0.1, -0.05) is 37.3 Å². The lowest BCUT2D eigenvalue weighted by Crippen LogP contribution is -2.48. The molecule has 0 bridgehead atoms. The van der Waals surface area contributed by atoms with Crippen LogP contribution in [0.25, 0.3) is 0 Å². The first-order valence-corrected chi connectivity index (χ1v) is 10.1. The van der Waals surface area contributed by atoms with Crippen LogP contribution in [-0.4, -0.2) is 36.0 Å². The number of carbonyl (C=O) groups excluding carboxylic acids is 2. The van der Waals surface area contributed by atoms with Crippen molar-refractivity contribution in [2.24, 2.45) is 5.41 Å². The van der Waals surface area contributed by atoms with Crippen molar-refractivity contribution in [1.29, 1.82) is 0 Å². The third kappa shape index (κ3) is 3.63. The molecule has 4 rings (SSSR count). The van der Waals surface area contributed by atoms with E-state index in [2.05, 4.69) is 28.9 Å². The van der Waals surface area contributed by atoms with E-state index in [9.17, 15) is 9.59 Å². The Hall–Kier alpha value is -2.40. The van der Waals surface area contributed by atoms with E-state index in [1.165, 1.54) is 5.56 Å². The summed E-state index contributed by atoms with van der Waals surface area (Å²) in [6.07, 6.45) is 2.62. The largest absolute Gasteiger partial charge is 0.380 e. The summed E-state index contributed by atoms with van der Waals surface area (Å²) < 4.78 is 7.50. The van der Waals surface area contributed by atoms with E-state index in [-0.39, 0.29) is 23.5 Å². The lowest BCUT2D eigenvalue weighted by Gasteiger charge is -2.38. The van der Waals surface area contributed by atoms with E-state index < -0.39 is 0 Å². The molecule has 0 radical (unpaired) electrons. The second kappa shape index (κ2) is 7.55. The molecule has 1 amide bonds. The molecule has 0 atom stereocenters. The number of hydrogen-bond acceptors (Lipinski definition) is 3. The Kier molecular flexibility index (Phi) is 5.11. The molecule has 1 aliphatic heterocycles. The van der Waals surface area contributed by atoms with Gasteiger partial charge < -0.3 is 14.6 Å². The second-order valence-electron chi connectivity index (χ2n) is 8.49. The van der Waals surface area contributed by atoms with Crippen LogP contribution in [0.2, 0.25) is 0 Å². The quantitative estimate of drug-likeness (QED) is 0.838. The number of benzene rings is 1. The molecule has 0 saturated carbocycles. The van der Waals surface area contributed by atoms with Crippen LogP contribution in [-0.2, 0) is 28.9 Å². The van der Waals surface area contributed by atoms with Gasteiger partial charge in [-0.25, -0.2) is 0 Å². The third-order valence-corrected chi connectivity index (χ3v) is 5.99. The highest BCUT2D eigenvalue weighted by Gasteiger charge is 2.34. The molecule has 1 fully saturated rings. The van der Waals surface area contributed by atoms with Gasteiger partial charge in [-0.3, -0.25) is 9.59 Å². The molecule has 2 aliphatic rings. The van der Waals surface area contributed by atoms with Crippen LogP contribution in [0.1, 0.15) is 52.6 Å². The van der Waals surface area contributed by atoms with Gasteiger partial charge in [0, 0.05) is 41.9 Å². The first-order chi connectivity index (χ1) is 13.5. The zero-order valence-corrected chi connectivity index (χ0v) is 16.7. The maximum absolute atomic E-state index is 12.7. The number of aromatic nitrogens is 1. The zero-order chi connectivity index (χ0) is 19.7. The average molecular weight is 380 g/mol. The van der Waals surface area contributed by atoms with E-state index >= 15 is 0 Å². The van der Waals surface area contributed by atoms with Crippen molar-refractivity contribution in [1.82, 2.24) is 9.88 Å². The van der Waals surface area contributed by atoms with Crippen LogP contribution < -0.4 is 5.32 Å². The molecule has 28 heavy (non-hydrogen) atoms. The van der Waals surface area contributed by atoms with Crippen molar-refractivity contribution < 1.29 is 14.3 Å². The van der Waals surface area contributed by atoms with Crippen LogP contribution in [0, 0.1) is 12.3 Å². The maximum atomic E-state index is 12.7. The summed E-state index contributed by atoms with van der Waals surface area (Å²) in [5.74, 6) is 0.160. The van der Waals surface area contributed by atoms with E-state index in [1.54, 1.807) is 0 Å². The summed E-state index contributed by atoms with van der Waals surface area (Å²) in [5, 5.41) is 3.04. The number of fused-ring (bicyclic) bond motifs is 1. The number of hydrogen-bond donors (Lipinski definition) is 1. The fraction of sp³-hybridized carbons (Fsp3) is 0.478. The minimum atomic E-state index is -0.0192. The molecule has 2 aromatic rings. The highest BCUT2D eigenvalue weighted by molar-refractivity contribution is 6.01. The van der Waals surface area contributed by atoms with Gasteiger partial charge in [0.05, 0.1) is 19.6 Å². The molecule has 1 N–H and O–H groups in total. The summed E-state index contributed by atoms with van der Waals surface area (Å²) in [5.41, 5.74) is 5.09. The monoisotopic (exact) mass is 380 g/mol. The number of ketones is 1. The highest BCUT2D eigenvalue weighted by Crippen LogP contribution is 2.31. The van der Waals surface area contributed by atoms with E-state index in [4.69, 9.17) is 4.74 Å². The molecular formula is C23H28N2O3. The lowest BCUT2D eigenvalue weighted by molar-refractivity contribution is -0.126. The Morgan fingerprint density at radius 3 is 2.64 bits per heavy atom. The summed E-state index contributed by atoms with van der Waals surface area (Å²) >= 11 is 0. The van der Waals surface area contributed by atoms with Gasteiger partial charge in [-0.05, 0) is 30.9 Å². The van der Waals surface area contributed by atoms with Gasteiger partial charge in [0.15, 0.2) is 5.78 Å². The van der Waals surface area contributed by atoms with Crippen molar-refractivity contribution in [3.05, 3.63) is 58.4 Å². The fourth-order valence-corrected chi connectivity index (χ4v) is 4.27. The molecule has 0 unspecified atom stereocenters. The Morgan fingerprint density at radius 1 is 1.21 bits per heavy atom. The van der Waals surface area contributed by atoms with Crippen molar-refractivity contribution in [2.75, 3.05) is 19.8 Å². The van der Waals surface area contributed by atoms with Crippen LogP contribution in [0.15, 0.2) is 30.3 Å². The molecular weight excluding hydrogens is 352 g/mol. The number of Topliss-reactive ketones (excluding diaryl/α,β-unsaturated/α-hetero) is 1. The van der Waals surface area contributed by atoms with Crippen molar-refractivity contribution in [3.8, 4) is 0 Å². The Labute approximate surface area is 166 Å². The van der Waals surface area contributed by atoms with Gasteiger partial charge >= 0.3 is 0 Å². The molecule has 1 aromatic heterocycles. The first kappa shape index (κ1) is 18.9. The van der Waals surface area contributed by atoms with Gasteiger partial charge in [0.2, 0.25) is 5.91 Å². The molecule has 1 saturated heterocycles. The lowest BCUT2D eigenvalue weighted by atomic mass is 9.88. The Balaban J connectivity index is 1.59. The fourth-order valence-electron chi connectivity index (χ4n) is 4.27. The van der Waals surface area contributed by atoms with Gasteiger partial charge in [-0.15, -0.1) is 0 Å². The number of nitrogens with one attached hydrogen (secondary N) is 1. The number of carbonyl (C=O) groups is 2. The zero-order valence-electron chi connectivity index (χ0n) is 16.7. The normalized spacial score (nSPS) is 17.7. The summed E-state index contributed by atoms with van der Waals surface area (Å²) in [7, 11) is 0. The number of amides is 1. The Bertz CT molecular complexity index is 894. The van der Waals surface area contributed by atoms with E-state index in [1.807, 2.05) is 25.1 Å². The molecule has 1 aliphatic carbocycles. The van der Waals surface area contributed by atoms with Crippen LogP contribution in [0.4, 0.5) is 0 Å². The predicted octanol–water partition coefficient (Wildman–Crippen LogP) is 3.06. The predicted molar refractivity (Wildman–Crippen MR) is 108 cm³/mol. The molecule has 1 aromatic carbocycles. The Morgan fingerprint density at radius 2 is 1.96 bits per heavy atom. The van der Waals surface area contributed by atoms with E-state index in [0.29, 0.717) is 26.2 Å². The van der Waals surface area contributed by atoms with Crippen LogP contribution in [0.3, 0.4) is 0 Å². The highest BCUT2D eigenvalue weighted by atomic mass is 16.5. The molecule has 5 heteroatoms. The van der Waals surface area contributed by atoms with Crippen LogP contribution in [0.5, 0.6) is 0 Å². The standard InChI is InChI=1S/C23H28N2O3/c1-16-18(11-21(27)24-13-23(2)14-28-15-23)22-19(9-6-10-20(22)26)25(16)12-17-7-4-3-5-8-17/h3-5,7-8H,6,9-15H2,1-2H3,(H,24,27). The average Bonchev–Trinajstić information content (AvgIpc) is 2.92. The summed E-state index contributed by atoms with van der Waals surface area (Å²) in [4.78, 5) is 25.4. The summed E-state index contributed by atoms with van der Waals surface area (Å²) in [6.45, 7) is 6.88. The number of nitrogens with zero attached hydrogens (tertiary/aromatic N) is 1. The minimum absolute atomic E-state index is 0.0192. The van der Waals surface area contributed by atoms with Crippen molar-refractivity contribution in [2.45, 2.75) is 46.1 Å². The molecule has 2 heterocycles. The van der Waals surface area contributed by atoms with Gasteiger partial charge in [0.25, 0.3) is 0 Å². The topological polar surface area (TPSA) is 60.3 Å². The molecule has 5 nitrogen and oxygen atoms in total. The van der Waals surface area contributed by atoms with Gasteiger partial charge in [0.1, 0.15) is 0 Å². The van der Waals surface area contributed by atoms with Gasteiger partial charge in [-0.2, -0.15) is 0 Å². The van der Waals surface area contributed by atoms with Crippen molar-refractivity contribution >= 4 is 11.7 Å². The maximum Gasteiger partial charge on any atom is 0.224 e. The number of ether oxygens (including phenoxy) is 1. The van der Waals surface area contributed by atoms with Crippen LogP contribution >= 0.6 is 0 Å². The minimum Gasteiger partial charge on any atom is -0.380 e. The van der Waals surface area contributed by atoms with Crippen molar-refractivity contribution in [3.63, 3.8) is 0 Å². The molecule has 148 valence electrons. The third-order valence-electron chi connectivity index (χ3n) is 5.99. The smallest absolute Gasteiger partial charge is 0.224 e. The SMILES string of the molecule is Cc1c(CC(=O)NCC2(C)COC2)c2c(n1Cc1ccccc1)CCCC2=O. The summed E-state index contributed by atoms with van der Waals surface area (Å²) in [6, 6.07) is 10.3. The van der Waals surface area contributed by atoms with E-state index in [0.717, 1.165) is 41.9 Å². The molecule has 0 spiro atoms. The first-order valence-electron chi connectivity index (χ1n) is 10.1. The number of rotatable bonds is 6.